The van der Waals surface area contributed by atoms with Gasteiger partial charge < -0.3 is 20.3 Å². The maximum Gasteiger partial charge on any atom is 0.407 e. The molecule has 0 radical (unpaired) electrons. The average molecular weight is 834 g/mol. The van der Waals surface area contributed by atoms with Crippen molar-refractivity contribution in [3.63, 3.8) is 0 Å². The van der Waals surface area contributed by atoms with Crippen LogP contribution >= 0.6 is 0 Å². The van der Waals surface area contributed by atoms with Crippen LogP contribution in [0.5, 0.6) is 0 Å². The van der Waals surface area contributed by atoms with Crippen LogP contribution in [0.4, 0.5) is 16.2 Å². The molecule has 7 heteroatoms. The van der Waals surface area contributed by atoms with Gasteiger partial charge in [-0.05, 0) is 117 Å². The largest absolute Gasteiger partial charge is 0.446 e. The Morgan fingerprint density at radius 2 is 1.40 bits per heavy atom. The molecule has 326 valence electrons. The molecule has 2 N–H and O–H groups in total. The van der Waals surface area contributed by atoms with Crippen molar-refractivity contribution in [1.29, 1.82) is 0 Å². The minimum Gasteiger partial charge on any atom is -0.446 e. The number of nitrogens with one attached hydrogen (secondary N) is 2. The van der Waals surface area contributed by atoms with Crippen molar-refractivity contribution in [3.05, 3.63) is 132 Å². The fourth-order valence-electron chi connectivity index (χ4n) is 10.1. The molecule has 1 aliphatic carbocycles. The number of nitrogens with zero attached hydrogens (tertiary/aromatic N) is 2. The summed E-state index contributed by atoms with van der Waals surface area (Å²) in [6.07, 6.45) is 27.6. The minimum atomic E-state index is -0.292. The third kappa shape index (κ3) is 10.3. The van der Waals surface area contributed by atoms with Crippen LogP contribution in [-0.2, 0) is 20.4 Å². The second kappa shape index (κ2) is 20.6. The highest BCUT2D eigenvalue weighted by Crippen LogP contribution is 2.51. The van der Waals surface area contributed by atoms with Gasteiger partial charge in [0.25, 0.3) is 0 Å². The predicted octanol–water partition coefficient (Wildman–Crippen LogP) is 12.6. The summed E-state index contributed by atoms with van der Waals surface area (Å²) in [5.41, 5.74) is 7.63. The number of hydrogen-bond donors (Lipinski definition) is 2. The first-order valence-electron chi connectivity index (χ1n) is 23.4. The second-order valence-corrected chi connectivity index (χ2v) is 18.5. The lowest BCUT2D eigenvalue weighted by atomic mass is 9.79. The normalized spacial score (nSPS) is 19.3. The van der Waals surface area contributed by atoms with Crippen LogP contribution in [0.15, 0.2) is 121 Å². The van der Waals surface area contributed by atoms with E-state index in [4.69, 9.17) is 4.74 Å². The zero-order valence-electron chi connectivity index (χ0n) is 38.0. The van der Waals surface area contributed by atoms with E-state index in [0.29, 0.717) is 19.5 Å². The number of amides is 2. The van der Waals surface area contributed by atoms with Crippen LogP contribution in [0.25, 0.3) is 21.5 Å². The summed E-state index contributed by atoms with van der Waals surface area (Å²) in [5, 5.41) is 11.2. The Morgan fingerprint density at radius 3 is 2.18 bits per heavy atom. The van der Waals surface area contributed by atoms with Gasteiger partial charge in [-0.1, -0.05) is 118 Å². The molecule has 7 rings (SSSR count). The van der Waals surface area contributed by atoms with Crippen LogP contribution in [0, 0.1) is 0 Å². The van der Waals surface area contributed by atoms with Gasteiger partial charge in [0.15, 0.2) is 5.71 Å². The summed E-state index contributed by atoms with van der Waals surface area (Å²) in [4.78, 5) is 27.4. The molecule has 62 heavy (non-hydrogen) atoms. The molecule has 0 bridgehead atoms. The maximum absolute atomic E-state index is 12.7. The minimum absolute atomic E-state index is 0.0234. The molecule has 3 aliphatic rings. The summed E-state index contributed by atoms with van der Waals surface area (Å²) < 4.78 is 7.98. The number of allylic oxidation sites excluding steroid dienone is 8. The monoisotopic (exact) mass is 834 g/mol. The first kappa shape index (κ1) is 44.6. The summed E-state index contributed by atoms with van der Waals surface area (Å²) in [7, 11) is 2.18. The van der Waals surface area contributed by atoms with Crippen molar-refractivity contribution in [1.82, 2.24) is 10.6 Å². The van der Waals surface area contributed by atoms with Gasteiger partial charge in [0.1, 0.15) is 13.2 Å². The Kier molecular flexibility index (Phi) is 14.8. The number of rotatable bonds is 17. The molecule has 2 heterocycles. The van der Waals surface area contributed by atoms with E-state index < -0.39 is 0 Å². The van der Waals surface area contributed by atoms with Crippen molar-refractivity contribution < 1.29 is 18.9 Å². The molecule has 0 saturated heterocycles. The molecule has 2 aliphatic heterocycles. The SMILES string of the molecule is C[N+]1=C(C=CC=CC=C2N(CCCCCC(=O)NCCCCCCNC(=O)OC3CC/C=C/CCC3)c3ccc4ccccc4c3C2(C)C)C(C)(C)c2c1ccc1ccccc21. The average Bonchev–Trinajstić information content (AvgIpc) is 3.59. The fourth-order valence-corrected chi connectivity index (χ4v) is 10.1. The van der Waals surface area contributed by atoms with Gasteiger partial charge >= 0.3 is 6.09 Å². The van der Waals surface area contributed by atoms with Crippen LogP contribution in [0.1, 0.15) is 122 Å². The van der Waals surface area contributed by atoms with Crippen molar-refractivity contribution in [2.45, 2.75) is 128 Å². The molecular formula is C55H69N4O3+. The van der Waals surface area contributed by atoms with E-state index in [9.17, 15) is 9.59 Å². The van der Waals surface area contributed by atoms with E-state index in [1.807, 2.05) is 0 Å². The Hall–Kier alpha value is -5.43. The topological polar surface area (TPSA) is 73.7 Å². The van der Waals surface area contributed by atoms with Gasteiger partial charge in [0.05, 0.1) is 5.41 Å². The lowest BCUT2D eigenvalue weighted by Crippen LogP contribution is -2.30. The number of hydrogen-bond acceptors (Lipinski definition) is 4. The van der Waals surface area contributed by atoms with Crippen LogP contribution in [0.2, 0.25) is 0 Å². The number of carbonyl (C=O) groups is 2. The number of ether oxygens (including phenoxy) is 1. The van der Waals surface area contributed by atoms with E-state index in [1.165, 1.54) is 55.5 Å². The van der Waals surface area contributed by atoms with Crippen molar-refractivity contribution >= 4 is 50.6 Å². The zero-order valence-corrected chi connectivity index (χ0v) is 38.0. The van der Waals surface area contributed by atoms with Gasteiger partial charge in [0.2, 0.25) is 11.6 Å². The molecule has 7 nitrogen and oxygen atoms in total. The molecule has 4 aromatic rings. The van der Waals surface area contributed by atoms with E-state index in [0.717, 1.165) is 83.6 Å². The number of alkyl carbamates (subject to hydrolysis) is 1. The molecule has 1 atom stereocenters. The first-order chi connectivity index (χ1) is 30.1. The molecule has 0 aromatic heterocycles. The first-order valence-corrected chi connectivity index (χ1v) is 23.4. The summed E-state index contributed by atoms with van der Waals surface area (Å²) in [6, 6.07) is 26.5. The van der Waals surface area contributed by atoms with Crippen LogP contribution in [-0.4, -0.2) is 55.1 Å². The molecule has 0 saturated carbocycles. The summed E-state index contributed by atoms with van der Waals surface area (Å²) >= 11 is 0. The third-order valence-electron chi connectivity index (χ3n) is 13.4. The quantitative estimate of drug-likeness (QED) is 0.0481. The number of carbonyl (C=O) groups excluding carboxylic acids is 2. The van der Waals surface area contributed by atoms with Crippen LogP contribution in [0.3, 0.4) is 0 Å². The molecular weight excluding hydrogens is 765 g/mol. The van der Waals surface area contributed by atoms with Crippen molar-refractivity contribution in [2.24, 2.45) is 0 Å². The van der Waals surface area contributed by atoms with Crippen LogP contribution < -0.4 is 15.5 Å². The Balaban J connectivity index is 0.881. The summed E-state index contributed by atoms with van der Waals surface area (Å²) in [6.45, 7) is 11.6. The van der Waals surface area contributed by atoms with Gasteiger partial charge in [-0.3, -0.25) is 4.79 Å². The standard InChI is InChI=1S/C55H68N4O3/c1-54(2)48(58(5)46-36-34-41-25-18-20-29-44(41)51(46)54)31-15-11-16-32-49-55(3,4)52-45-30-21-19-26-42(45)35-37-47(52)59(49)40-24-12-17-33-50(60)56-38-22-9-10-23-39-57-53(61)62-43-27-13-7-6-8-14-28-43/h6-7,11,15-16,18-21,25-26,29-32,34-37,43H,8-10,12-14,17,22-24,27-28,33,38-40H2,1-5H3,(H-,56,57,60,61)/p+1/b7-6+. The van der Waals surface area contributed by atoms with Gasteiger partial charge in [-0.25, -0.2) is 4.79 Å². The highest BCUT2D eigenvalue weighted by molar-refractivity contribution is 6.07. The third-order valence-corrected chi connectivity index (χ3v) is 13.4. The number of anilines is 1. The van der Waals surface area contributed by atoms with Crippen molar-refractivity contribution in [2.75, 3.05) is 31.6 Å². The Labute approximate surface area is 370 Å². The number of fused-ring (bicyclic) bond motifs is 6. The summed E-state index contributed by atoms with van der Waals surface area (Å²) in [5.74, 6) is 0.139. The molecule has 0 spiro atoms. The molecule has 1 unspecified atom stereocenters. The number of unbranched alkanes of at least 4 members (excludes halogenated alkanes) is 5. The van der Waals surface area contributed by atoms with Gasteiger partial charge in [-0.15, -0.1) is 0 Å². The highest BCUT2D eigenvalue weighted by Gasteiger charge is 2.44. The van der Waals surface area contributed by atoms with Gasteiger partial charge in [0, 0.05) is 60.6 Å². The lowest BCUT2D eigenvalue weighted by Gasteiger charge is -2.27. The molecule has 4 aromatic carbocycles. The Bertz CT molecular complexity index is 2380. The van der Waals surface area contributed by atoms with E-state index in [1.54, 1.807) is 0 Å². The van der Waals surface area contributed by atoms with E-state index in [2.05, 4.69) is 170 Å². The predicted molar refractivity (Wildman–Crippen MR) is 259 cm³/mol. The second-order valence-electron chi connectivity index (χ2n) is 18.5. The van der Waals surface area contributed by atoms with Crippen molar-refractivity contribution in [3.8, 4) is 0 Å². The van der Waals surface area contributed by atoms with E-state index >= 15 is 0 Å². The zero-order chi connectivity index (χ0) is 43.5. The maximum atomic E-state index is 12.7. The number of benzene rings is 4. The Morgan fingerprint density at radius 1 is 0.726 bits per heavy atom. The van der Waals surface area contributed by atoms with Gasteiger partial charge in [-0.2, -0.15) is 4.58 Å². The highest BCUT2D eigenvalue weighted by atomic mass is 16.6. The molecule has 2 amide bonds. The fraction of sp³-hybridized carbons (Fsp3) is 0.436. The smallest absolute Gasteiger partial charge is 0.407 e. The molecule has 0 fully saturated rings. The lowest BCUT2D eigenvalue weighted by molar-refractivity contribution is -0.401. The van der Waals surface area contributed by atoms with E-state index in [-0.39, 0.29) is 28.9 Å².